The van der Waals surface area contributed by atoms with Crippen LogP contribution in [-0.4, -0.2) is 11.9 Å². The van der Waals surface area contributed by atoms with Gasteiger partial charge in [-0.1, -0.05) is 15.9 Å². The first kappa shape index (κ1) is 13.3. The lowest BCUT2D eigenvalue weighted by atomic mass is 10.2. The van der Waals surface area contributed by atoms with Gasteiger partial charge >= 0.3 is 6.18 Å². The summed E-state index contributed by atoms with van der Waals surface area (Å²) in [5, 5.41) is 0.695. The molecule has 0 saturated carbocycles. The molecule has 0 radical (unpaired) electrons. The smallest absolute Gasteiger partial charge is 0.419 e. The van der Waals surface area contributed by atoms with Crippen molar-refractivity contribution < 1.29 is 22.3 Å². The summed E-state index contributed by atoms with van der Waals surface area (Å²) in [5.41, 5.74) is -1.30. The minimum atomic E-state index is -4.70. The van der Waals surface area contributed by atoms with Crippen LogP contribution in [0.2, 0.25) is 0 Å². The third kappa shape index (κ3) is 3.66. The molecule has 1 aromatic rings. The van der Waals surface area contributed by atoms with Gasteiger partial charge < -0.3 is 4.74 Å². The number of ether oxygens (including phenoxy) is 1. The van der Waals surface area contributed by atoms with Crippen molar-refractivity contribution in [1.29, 1.82) is 0 Å². The Morgan fingerprint density at radius 3 is 2.50 bits per heavy atom. The Hall–Kier alpha value is -0.780. The molecule has 0 bridgehead atoms. The summed E-state index contributed by atoms with van der Waals surface area (Å²) in [4.78, 5) is 0. The minimum absolute atomic E-state index is 0.0228. The van der Waals surface area contributed by atoms with Crippen LogP contribution in [0.5, 0.6) is 5.75 Å². The van der Waals surface area contributed by atoms with E-state index in [9.17, 15) is 17.6 Å². The van der Waals surface area contributed by atoms with E-state index in [1.807, 2.05) is 0 Å². The van der Waals surface area contributed by atoms with Crippen molar-refractivity contribution in [3.8, 4) is 5.75 Å². The maximum Gasteiger partial charge on any atom is 0.419 e. The fraction of sp³-hybridized carbons (Fsp3) is 0.400. The second kappa shape index (κ2) is 5.52. The molecule has 1 rings (SSSR count). The molecule has 0 aliphatic heterocycles. The van der Waals surface area contributed by atoms with Crippen LogP contribution in [0.25, 0.3) is 0 Å². The number of rotatable bonds is 4. The first-order valence-corrected chi connectivity index (χ1v) is 5.63. The van der Waals surface area contributed by atoms with Gasteiger partial charge in [-0.3, -0.25) is 0 Å². The predicted molar refractivity (Wildman–Crippen MR) is 55.3 cm³/mol. The summed E-state index contributed by atoms with van der Waals surface area (Å²) in [6.07, 6.45) is -4.03. The van der Waals surface area contributed by atoms with Crippen LogP contribution in [0.3, 0.4) is 0 Å². The molecule has 90 valence electrons. The van der Waals surface area contributed by atoms with Gasteiger partial charge in [-0.2, -0.15) is 13.2 Å². The van der Waals surface area contributed by atoms with E-state index >= 15 is 0 Å². The van der Waals surface area contributed by atoms with Crippen molar-refractivity contribution in [2.45, 2.75) is 12.6 Å². The molecule has 16 heavy (non-hydrogen) atoms. The minimum Gasteiger partial charge on any atom is -0.494 e. The standard InChI is InChI=1S/C10H9BrF4O/c11-4-1-5-16-7-2-3-9(12)8(6-7)10(13,14)15/h2-3,6H,1,4-5H2. The molecule has 0 amide bonds. The number of benzene rings is 1. The summed E-state index contributed by atoms with van der Waals surface area (Å²) in [7, 11) is 0. The van der Waals surface area contributed by atoms with Gasteiger partial charge in [0.15, 0.2) is 0 Å². The monoisotopic (exact) mass is 300 g/mol. The van der Waals surface area contributed by atoms with Gasteiger partial charge in [0.25, 0.3) is 0 Å². The highest BCUT2D eigenvalue weighted by Gasteiger charge is 2.34. The van der Waals surface area contributed by atoms with E-state index in [-0.39, 0.29) is 12.4 Å². The van der Waals surface area contributed by atoms with E-state index in [0.717, 1.165) is 6.07 Å². The number of halogens is 5. The highest BCUT2D eigenvalue weighted by atomic mass is 79.9. The summed E-state index contributed by atoms with van der Waals surface area (Å²) in [6.45, 7) is 0.286. The van der Waals surface area contributed by atoms with Gasteiger partial charge in [-0.05, 0) is 24.6 Å². The van der Waals surface area contributed by atoms with Gasteiger partial charge in [0.1, 0.15) is 11.6 Å². The third-order valence-corrected chi connectivity index (χ3v) is 2.35. The largest absolute Gasteiger partial charge is 0.494 e. The lowest BCUT2D eigenvalue weighted by molar-refractivity contribution is -0.140. The van der Waals surface area contributed by atoms with Crippen molar-refractivity contribution in [2.75, 3.05) is 11.9 Å². The Morgan fingerprint density at radius 1 is 1.25 bits per heavy atom. The molecule has 1 aromatic carbocycles. The van der Waals surface area contributed by atoms with Crippen LogP contribution < -0.4 is 4.74 Å². The van der Waals surface area contributed by atoms with Gasteiger partial charge in [0.05, 0.1) is 12.2 Å². The Kier molecular flexibility index (Phi) is 4.58. The van der Waals surface area contributed by atoms with Crippen molar-refractivity contribution in [1.82, 2.24) is 0 Å². The average Bonchev–Trinajstić information content (AvgIpc) is 2.19. The van der Waals surface area contributed by atoms with Crippen LogP contribution >= 0.6 is 15.9 Å². The number of hydrogen-bond donors (Lipinski definition) is 0. The normalized spacial score (nSPS) is 11.6. The zero-order valence-corrected chi connectivity index (χ0v) is 9.74. The maximum absolute atomic E-state index is 12.9. The van der Waals surface area contributed by atoms with Crippen LogP contribution in [-0.2, 0) is 6.18 Å². The molecule has 0 spiro atoms. The van der Waals surface area contributed by atoms with Crippen LogP contribution in [0.15, 0.2) is 18.2 Å². The maximum atomic E-state index is 12.9. The molecular weight excluding hydrogens is 292 g/mol. The van der Waals surface area contributed by atoms with Gasteiger partial charge in [-0.25, -0.2) is 4.39 Å². The molecule has 0 unspecified atom stereocenters. The first-order chi connectivity index (χ1) is 7.45. The Labute approximate surface area is 98.5 Å². The van der Waals surface area contributed by atoms with E-state index < -0.39 is 17.6 Å². The Bertz CT molecular complexity index is 351. The van der Waals surface area contributed by atoms with Crippen molar-refractivity contribution >= 4 is 15.9 Å². The summed E-state index contributed by atoms with van der Waals surface area (Å²) >= 11 is 3.16. The second-order valence-electron chi connectivity index (χ2n) is 3.03. The van der Waals surface area contributed by atoms with E-state index in [1.54, 1.807) is 0 Å². The molecule has 0 heterocycles. The van der Waals surface area contributed by atoms with E-state index in [1.165, 1.54) is 6.07 Å². The fourth-order valence-electron chi connectivity index (χ4n) is 1.06. The highest BCUT2D eigenvalue weighted by Crippen LogP contribution is 2.33. The molecule has 1 nitrogen and oxygen atoms in total. The highest BCUT2D eigenvalue weighted by molar-refractivity contribution is 9.09. The number of hydrogen-bond acceptors (Lipinski definition) is 1. The van der Waals surface area contributed by atoms with E-state index in [2.05, 4.69) is 15.9 Å². The Morgan fingerprint density at radius 2 is 1.94 bits per heavy atom. The van der Waals surface area contributed by atoms with E-state index in [0.29, 0.717) is 17.8 Å². The number of alkyl halides is 4. The van der Waals surface area contributed by atoms with Gasteiger partial charge in [0.2, 0.25) is 0 Å². The quantitative estimate of drug-likeness (QED) is 0.464. The molecule has 0 aliphatic carbocycles. The zero-order chi connectivity index (χ0) is 12.2. The SMILES string of the molecule is Fc1ccc(OCCCBr)cc1C(F)(F)F. The Balaban J connectivity index is 2.82. The topological polar surface area (TPSA) is 9.23 Å². The molecule has 0 aliphatic rings. The zero-order valence-electron chi connectivity index (χ0n) is 8.15. The van der Waals surface area contributed by atoms with Crippen molar-refractivity contribution in [3.63, 3.8) is 0 Å². The molecular formula is C10H9BrF4O. The van der Waals surface area contributed by atoms with Crippen LogP contribution in [0.1, 0.15) is 12.0 Å². The van der Waals surface area contributed by atoms with Crippen LogP contribution in [0.4, 0.5) is 17.6 Å². The van der Waals surface area contributed by atoms with Crippen molar-refractivity contribution in [3.05, 3.63) is 29.6 Å². The van der Waals surface area contributed by atoms with Gasteiger partial charge in [0, 0.05) is 5.33 Å². The lowest BCUT2D eigenvalue weighted by Gasteiger charge is -2.10. The molecule has 0 N–H and O–H groups in total. The molecule has 0 fully saturated rings. The predicted octanol–water partition coefficient (Wildman–Crippen LogP) is 4.01. The van der Waals surface area contributed by atoms with Crippen LogP contribution in [0, 0.1) is 5.82 Å². The first-order valence-electron chi connectivity index (χ1n) is 4.50. The molecule has 0 aromatic heterocycles. The van der Waals surface area contributed by atoms with Crippen molar-refractivity contribution in [2.24, 2.45) is 0 Å². The molecule has 0 atom stereocenters. The second-order valence-corrected chi connectivity index (χ2v) is 3.82. The average molecular weight is 301 g/mol. The fourth-order valence-corrected chi connectivity index (χ4v) is 1.28. The van der Waals surface area contributed by atoms with Gasteiger partial charge in [-0.15, -0.1) is 0 Å². The summed E-state index contributed by atoms with van der Waals surface area (Å²) in [6, 6.07) is 2.61. The summed E-state index contributed by atoms with van der Waals surface area (Å²) < 4.78 is 54.9. The molecule has 0 saturated heterocycles. The molecule has 6 heteroatoms. The third-order valence-electron chi connectivity index (χ3n) is 1.79. The summed E-state index contributed by atoms with van der Waals surface area (Å²) in [5.74, 6) is -1.27. The lowest BCUT2D eigenvalue weighted by Crippen LogP contribution is -2.08. The van der Waals surface area contributed by atoms with E-state index in [4.69, 9.17) is 4.74 Å².